The van der Waals surface area contributed by atoms with Crippen LogP contribution in [0, 0.1) is 0 Å². The number of rotatable bonds is 12. The molecule has 5 nitrogen and oxygen atoms in total. The van der Waals surface area contributed by atoms with Gasteiger partial charge in [0.1, 0.15) is 12.2 Å². The number of hydrogen-bond acceptors (Lipinski definition) is 5. The van der Waals surface area contributed by atoms with Gasteiger partial charge in [-0.3, -0.25) is 0 Å². The Morgan fingerprint density at radius 3 is 1.42 bits per heavy atom. The van der Waals surface area contributed by atoms with Gasteiger partial charge < -0.3 is 24.4 Å². The van der Waals surface area contributed by atoms with E-state index in [1.165, 1.54) is 0 Å². The average Bonchev–Trinajstić information content (AvgIpc) is 2.27. The lowest BCUT2D eigenvalue weighted by atomic mass is 10.3. The van der Waals surface area contributed by atoms with Crippen molar-refractivity contribution in [3.05, 3.63) is 24.3 Å². The molecule has 0 aliphatic rings. The summed E-state index contributed by atoms with van der Waals surface area (Å²) < 4.78 is 15.5. The quantitative estimate of drug-likeness (QED) is 0.518. The molecule has 0 spiro atoms. The van der Waals surface area contributed by atoms with Gasteiger partial charge in [-0.05, 0) is 13.8 Å². The van der Waals surface area contributed by atoms with Gasteiger partial charge in [-0.15, -0.1) is 0 Å². The molecule has 0 radical (unpaired) electrons. The van der Waals surface area contributed by atoms with E-state index in [2.05, 4.69) is 13.2 Å². The second-order valence-corrected chi connectivity index (χ2v) is 4.79. The molecule has 0 aliphatic heterocycles. The largest absolute Gasteiger partial charge is 0.388 e. The third-order valence-corrected chi connectivity index (χ3v) is 1.94. The zero-order chi connectivity index (χ0) is 14.7. The van der Waals surface area contributed by atoms with Gasteiger partial charge in [-0.1, -0.05) is 24.3 Å². The second kappa shape index (κ2) is 11.1. The van der Waals surface area contributed by atoms with Gasteiger partial charge >= 0.3 is 0 Å². The maximum absolute atomic E-state index is 9.52. The summed E-state index contributed by atoms with van der Waals surface area (Å²) >= 11 is 0. The molecule has 0 aromatic rings. The molecule has 0 saturated heterocycles. The molecular weight excluding hydrogens is 248 g/mol. The lowest BCUT2D eigenvalue weighted by Crippen LogP contribution is -2.27. The summed E-state index contributed by atoms with van der Waals surface area (Å²) in [7, 11) is 0. The van der Waals surface area contributed by atoms with Crippen LogP contribution in [0.25, 0.3) is 0 Å². The topological polar surface area (TPSA) is 68.2 Å². The Hall–Kier alpha value is -0.720. The fourth-order valence-corrected chi connectivity index (χ4v) is 1.17. The highest BCUT2D eigenvalue weighted by Gasteiger charge is 2.08. The zero-order valence-electron chi connectivity index (χ0n) is 11.9. The first-order valence-corrected chi connectivity index (χ1v) is 6.30. The molecule has 0 rings (SSSR count). The Morgan fingerprint density at radius 2 is 1.11 bits per heavy atom. The van der Waals surface area contributed by atoms with Crippen LogP contribution < -0.4 is 0 Å². The molecule has 0 saturated carbocycles. The van der Waals surface area contributed by atoms with Crippen molar-refractivity contribution >= 4 is 0 Å². The van der Waals surface area contributed by atoms with E-state index in [0.717, 1.165) is 11.1 Å². The van der Waals surface area contributed by atoms with Crippen molar-refractivity contribution in [1.29, 1.82) is 0 Å². The fourth-order valence-electron chi connectivity index (χ4n) is 1.17. The van der Waals surface area contributed by atoms with Crippen molar-refractivity contribution in [1.82, 2.24) is 0 Å². The first-order chi connectivity index (χ1) is 8.91. The standard InChI is InChI=1S/C14H26O5/c1-11(2)5-17-7-13(15)9-19-10-14(16)8-18-6-12(3)4/h13-16H,1,3,5-10H2,2,4H3. The van der Waals surface area contributed by atoms with E-state index >= 15 is 0 Å². The van der Waals surface area contributed by atoms with E-state index in [1.54, 1.807) is 0 Å². The van der Waals surface area contributed by atoms with Crippen molar-refractivity contribution in [2.24, 2.45) is 0 Å². The number of aliphatic hydroxyl groups is 2. The van der Waals surface area contributed by atoms with E-state index < -0.39 is 12.2 Å². The number of aliphatic hydroxyl groups excluding tert-OH is 2. The SMILES string of the molecule is C=C(C)COCC(O)COCC(O)COCC(=C)C. The van der Waals surface area contributed by atoms with Gasteiger partial charge in [0, 0.05) is 0 Å². The lowest BCUT2D eigenvalue weighted by Gasteiger charge is -2.15. The second-order valence-electron chi connectivity index (χ2n) is 4.79. The fraction of sp³-hybridized carbons (Fsp3) is 0.714. The van der Waals surface area contributed by atoms with Gasteiger partial charge in [-0.25, -0.2) is 0 Å². The third-order valence-electron chi connectivity index (χ3n) is 1.94. The number of hydrogen-bond donors (Lipinski definition) is 2. The Balaban J connectivity index is 3.44. The molecule has 2 unspecified atom stereocenters. The minimum absolute atomic E-state index is 0.119. The summed E-state index contributed by atoms with van der Waals surface area (Å²) in [4.78, 5) is 0. The van der Waals surface area contributed by atoms with Gasteiger partial charge in [0.05, 0.1) is 39.6 Å². The van der Waals surface area contributed by atoms with E-state index in [4.69, 9.17) is 14.2 Å². The summed E-state index contributed by atoms with van der Waals surface area (Å²) in [6.45, 7) is 12.5. The molecule has 0 heterocycles. The van der Waals surface area contributed by atoms with Crippen LogP contribution in [0.5, 0.6) is 0 Å². The highest BCUT2D eigenvalue weighted by atomic mass is 16.5. The third kappa shape index (κ3) is 13.5. The van der Waals surface area contributed by atoms with Crippen LogP contribution in [0.4, 0.5) is 0 Å². The minimum atomic E-state index is -0.706. The van der Waals surface area contributed by atoms with Crippen LogP contribution in [0.15, 0.2) is 24.3 Å². The van der Waals surface area contributed by atoms with E-state index in [0.29, 0.717) is 13.2 Å². The normalized spacial score (nSPS) is 14.1. The minimum Gasteiger partial charge on any atom is -0.388 e. The van der Waals surface area contributed by atoms with E-state index in [9.17, 15) is 10.2 Å². The first-order valence-electron chi connectivity index (χ1n) is 6.30. The van der Waals surface area contributed by atoms with E-state index in [-0.39, 0.29) is 26.4 Å². The molecular formula is C14H26O5. The van der Waals surface area contributed by atoms with Crippen LogP contribution in [-0.4, -0.2) is 62.1 Å². The Bertz CT molecular complexity index is 239. The van der Waals surface area contributed by atoms with Gasteiger partial charge in [0.25, 0.3) is 0 Å². The summed E-state index contributed by atoms with van der Waals surface area (Å²) in [6, 6.07) is 0. The Morgan fingerprint density at radius 1 is 0.789 bits per heavy atom. The van der Waals surface area contributed by atoms with Crippen LogP contribution >= 0.6 is 0 Å². The lowest BCUT2D eigenvalue weighted by molar-refractivity contribution is -0.0526. The van der Waals surface area contributed by atoms with Crippen molar-refractivity contribution < 1.29 is 24.4 Å². The summed E-state index contributed by atoms with van der Waals surface area (Å²) in [5, 5.41) is 19.0. The predicted molar refractivity (Wildman–Crippen MR) is 74.1 cm³/mol. The maximum atomic E-state index is 9.52. The van der Waals surface area contributed by atoms with Crippen LogP contribution in [0.1, 0.15) is 13.8 Å². The van der Waals surface area contributed by atoms with Gasteiger partial charge in [-0.2, -0.15) is 0 Å². The summed E-state index contributed by atoms with van der Waals surface area (Å²) in [6.07, 6.45) is -1.41. The monoisotopic (exact) mass is 274 g/mol. The number of ether oxygens (including phenoxy) is 3. The molecule has 112 valence electrons. The average molecular weight is 274 g/mol. The molecule has 2 N–H and O–H groups in total. The van der Waals surface area contributed by atoms with Gasteiger partial charge in [0.2, 0.25) is 0 Å². The highest BCUT2D eigenvalue weighted by molar-refractivity contribution is 4.87. The summed E-state index contributed by atoms with van der Waals surface area (Å²) in [5.74, 6) is 0. The van der Waals surface area contributed by atoms with Crippen molar-refractivity contribution in [2.75, 3.05) is 39.6 Å². The molecule has 0 amide bonds. The molecule has 5 heteroatoms. The van der Waals surface area contributed by atoms with Gasteiger partial charge in [0.15, 0.2) is 0 Å². The molecule has 0 bridgehead atoms. The molecule has 0 aliphatic carbocycles. The smallest absolute Gasteiger partial charge is 0.101 e. The molecule has 0 fully saturated rings. The zero-order valence-corrected chi connectivity index (χ0v) is 11.9. The van der Waals surface area contributed by atoms with Crippen LogP contribution in [-0.2, 0) is 14.2 Å². The van der Waals surface area contributed by atoms with Crippen LogP contribution in [0.3, 0.4) is 0 Å². The van der Waals surface area contributed by atoms with Crippen molar-refractivity contribution in [3.63, 3.8) is 0 Å². The molecule has 2 atom stereocenters. The maximum Gasteiger partial charge on any atom is 0.101 e. The summed E-state index contributed by atoms with van der Waals surface area (Å²) in [5.41, 5.74) is 1.80. The predicted octanol–water partition coefficient (Wildman–Crippen LogP) is 0.910. The van der Waals surface area contributed by atoms with Crippen LogP contribution in [0.2, 0.25) is 0 Å². The Kier molecular flexibility index (Phi) is 10.7. The van der Waals surface area contributed by atoms with Crippen molar-refractivity contribution in [2.45, 2.75) is 26.1 Å². The van der Waals surface area contributed by atoms with Crippen molar-refractivity contribution in [3.8, 4) is 0 Å². The van der Waals surface area contributed by atoms with E-state index in [1.807, 2.05) is 13.8 Å². The highest BCUT2D eigenvalue weighted by Crippen LogP contribution is 1.95. The molecule has 19 heavy (non-hydrogen) atoms. The molecule has 0 aromatic heterocycles. The molecule has 0 aromatic carbocycles. The Labute approximate surface area is 115 Å². The first kappa shape index (κ1) is 18.3.